The molecule has 0 unspecified atom stereocenters. The highest BCUT2D eigenvalue weighted by Gasteiger charge is 2.04. The lowest BCUT2D eigenvalue weighted by atomic mass is 10.2. The summed E-state index contributed by atoms with van der Waals surface area (Å²) in [5.74, 6) is -0.101. The van der Waals surface area contributed by atoms with Gasteiger partial charge < -0.3 is 10.1 Å². The van der Waals surface area contributed by atoms with E-state index in [0.29, 0.717) is 11.4 Å². The molecule has 5 heteroatoms. The Morgan fingerprint density at radius 1 is 1.29 bits per heavy atom. The highest BCUT2D eigenvalue weighted by Crippen LogP contribution is 2.22. The first-order valence-corrected chi connectivity index (χ1v) is 6.54. The number of methoxy groups -OCH3 is 1. The highest BCUT2D eigenvalue weighted by molar-refractivity contribution is 6.33. The number of nitrogens with one attached hydrogen (secondary N) is 1. The van der Waals surface area contributed by atoms with Crippen LogP contribution in [-0.4, -0.2) is 13.0 Å². The lowest BCUT2D eigenvalue weighted by molar-refractivity contribution is -0.111. The molecule has 0 aromatic heterocycles. The molecule has 0 atom stereocenters. The van der Waals surface area contributed by atoms with Gasteiger partial charge in [0.15, 0.2) is 0 Å². The van der Waals surface area contributed by atoms with Crippen molar-refractivity contribution >= 4 is 29.3 Å². The smallest absolute Gasteiger partial charge is 0.248 e. The van der Waals surface area contributed by atoms with Gasteiger partial charge in [-0.25, -0.2) is 4.39 Å². The molecule has 0 aliphatic heterocycles. The van der Waals surface area contributed by atoms with Crippen LogP contribution in [-0.2, 0) is 4.79 Å². The maximum absolute atomic E-state index is 12.9. The van der Waals surface area contributed by atoms with E-state index in [2.05, 4.69) is 5.32 Å². The number of hydrogen-bond donors (Lipinski definition) is 1. The molecule has 1 N–H and O–H groups in total. The third-order valence-corrected chi connectivity index (χ3v) is 3.02. The second kappa shape index (κ2) is 6.90. The van der Waals surface area contributed by atoms with Crippen molar-refractivity contribution in [2.24, 2.45) is 0 Å². The first-order chi connectivity index (χ1) is 10.1. The van der Waals surface area contributed by atoms with Crippen LogP contribution >= 0.6 is 11.6 Å². The average Bonchev–Trinajstić information content (AvgIpc) is 2.48. The van der Waals surface area contributed by atoms with E-state index in [4.69, 9.17) is 16.3 Å². The number of amides is 1. The van der Waals surface area contributed by atoms with Crippen LogP contribution in [0.1, 0.15) is 5.56 Å². The molecule has 0 radical (unpaired) electrons. The van der Waals surface area contributed by atoms with Crippen molar-refractivity contribution in [2.45, 2.75) is 0 Å². The third kappa shape index (κ3) is 4.33. The van der Waals surface area contributed by atoms with Crippen molar-refractivity contribution in [3.05, 3.63) is 64.9 Å². The molecule has 0 saturated carbocycles. The van der Waals surface area contributed by atoms with E-state index in [0.717, 1.165) is 11.6 Å². The zero-order valence-electron chi connectivity index (χ0n) is 11.3. The molecule has 0 spiro atoms. The van der Waals surface area contributed by atoms with Crippen molar-refractivity contribution < 1.29 is 13.9 Å². The van der Waals surface area contributed by atoms with Crippen LogP contribution in [0.5, 0.6) is 5.75 Å². The summed E-state index contributed by atoms with van der Waals surface area (Å²) in [5, 5.41) is 2.73. The number of ether oxygens (including phenoxy) is 1. The highest BCUT2D eigenvalue weighted by atomic mass is 35.5. The Morgan fingerprint density at radius 3 is 2.81 bits per heavy atom. The molecule has 108 valence electrons. The van der Waals surface area contributed by atoms with E-state index in [1.807, 2.05) is 18.2 Å². The predicted molar refractivity (Wildman–Crippen MR) is 82.1 cm³/mol. The van der Waals surface area contributed by atoms with E-state index in [9.17, 15) is 9.18 Å². The molecular formula is C16H13ClFNO2. The Kier molecular flexibility index (Phi) is 4.95. The number of rotatable bonds is 4. The SMILES string of the molecule is COc1cccc(/C=C/C(=O)Nc2ccc(F)cc2Cl)c1. The maximum Gasteiger partial charge on any atom is 0.248 e. The van der Waals surface area contributed by atoms with E-state index in [-0.39, 0.29) is 10.9 Å². The minimum atomic E-state index is -0.454. The molecule has 1 amide bonds. The van der Waals surface area contributed by atoms with Gasteiger partial charge in [0.05, 0.1) is 17.8 Å². The Labute approximate surface area is 127 Å². The van der Waals surface area contributed by atoms with Crippen molar-refractivity contribution in [3.8, 4) is 5.75 Å². The Bertz CT molecular complexity index is 686. The van der Waals surface area contributed by atoms with Crippen LogP contribution < -0.4 is 10.1 Å². The lowest BCUT2D eigenvalue weighted by Crippen LogP contribution is -2.08. The fraction of sp³-hybridized carbons (Fsp3) is 0.0625. The van der Waals surface area contributed by atoms with Crippen molar-refractivity contribution in [1.82, 2.24) is 0 Å². The number of carbonyl (C=O) groups excluding carboxylic acids is 1. The molecule has 21 heavy (non-hydrogen) atoms. The first-order valence-electron chi connectivity index (χ1n) is 6.16. The van der Waals surface area contributed by atoms with Crippen LogP contribution in [0.4, 0.5) is 10.1 Å². The lowest BCUT2D eigenvalue weighted by Gasteiger charge is -2.04. The summed E-state index contributed by atoms with van der Waals surface area (Å²) in [4.78, 5) is 11.8. The number of hydrogen-bond acceptors (Lipinski definition) is 2. The van der Waals surface area contributed by atoms with Crippen LogP contribution in [0.3, 0.4) is 0 Å². The molecule has 0 heterocycles. The van der Waals surface area contributed by atoms with Gasteiger partial charge in [0, 0.05) is 6.08 Å². The summed E-state index contributed by atoms with van der Waals surface area (Å²) in [6.07, 6.45) is 3.02. The summed E-state index contributed by atoms with van der Waals surface area (Å²) in [6, 6.07) is 11.1. The maximum atomic E-state index is 12.9. The summed E-state index contributed by atoms with van der Waals surface area (Å²) >= 11 is 5.83. The van der Waals surface area contributed by atoms with Gasteiger partial charge in [0.2, 0.25) is 5.91 Å². The predicted octanol–water partition coefficient (Wildman–Crippen LogP) is 4.14. The number of halogens is 2. The van der Waals surface area contributed by atoms with Gasteiger partial charge >= 0.3 is 0 Å². The number of benzene rings is 2. The van der Waals surface area contributed by atoms with Gasteiger partial charge in [-0.15, -0.1) is 0 Å². The molecule has 2 aromatic rings. The minimum absolute atomic E-state index is 0.151. The molecule has 3 nitrogen and oxygen atoms in total. The largest absolute Gasteiger partial charge is 0.497 e. The fourth-order valence-electron chi connectivity index (χ4n) is 1.68. The van der Waals surface area contributed by atoms with Gasteiger partial charge in [-0.1, -0.05) is 23.7 Å². The standard InChI is InChI=1S/C16H13ClFNO2/c1-21-13-4-2-3-11(9-13)5-8-16(20)19-15-7-6-12(18)10-14(15)17/h2-10H,1H3,(H,19,20)/b8-5+. The van der Waals surface area contributed by atoms with Crippen molar-refractivity contribution in [1.29, 1.82) is 0 Å². The zero-order chi connectivity index (χ0) is 15.2. The van der Waals surface area contributed by atoms with E-state index < -0.39 is 5.82 Å². The van der Waals surface area contributed by atoms with Crippen LogP contribution in [0.25, 0.3) is 6.08 Å². The quantitative estimate of drug-likeness (QED) is 0.862. The molecule has 0 saturated heterocycles. The molecule has 0 aliphatic carbocycles. The van der Waals surface area contributed by atoms with Crippen molar-refractivity contribution in [3.63, 3.8) is 0 Å². The second-order valence-corrected chi connectivity index (χ2v) is 4.63. The molecule has 2 aromatic carbocycles. The molecular weight excluding hydrogens is 293 g/mol. The van der Waals surface area contributed by atoms with Gasteiger partial charge in [0.25, 0.3) is 0 Å². The summed E-state index contributed by atoms with van der Waals surface area (Å²) < 4.78 is 18.0. The van der Waals surface area contributed by atoms with Gasteiger partial charge in [0.1, 0.15) is 11.6 Å². The monoisotopic (exact) mass is 305 g/mol. The Morgan fingerprint density at radius 2 is 2.10 bits per heavy atom. The number of carbonyl (C=O) groups is 1. The summed E-state index contributed by atoms with van der Waals surface area (Å²) in [7, 11) is 1.58. The molecule has 0 aliphatic rings. The van der Waals surface area contributed by atoms with Gasteiger partial charge in [-0.2, -0.15) is 0 Å². The fourth-order valence-corrected chi connectivity index (χ4v) is 1.90. The Balaban J connectivity index is 2.05. The van der Waals surface area contributed by atoms with Crippen molar-refractivity contribution in [2.75, 3.05) is 12.4 Å². The normalized spacial score (nSPS) is 10.6. The minimum Gasteiger partial charge on any atom is -0.497 e. The summed E-state index contributed by atoms with van der Waals surface area (Å²) in [5.41, 5.74) is 1.19. The third-order valence-electron chi connectivity index (χ3n) is 2.71. The summed E-state index contributed by atoms with van der Waals surface area (Å²) in [6.45, 7) is 0. The van der Waals surface area contributed by atoms with E-state index in [1.54, 1.807) is 19.3 Å². The molecule has 0 fully saturated rings. The van der Waals surface area contributed by atoms with Gasteiger partial charge in [-0.3, -0.25) is 4.79 Å². The average molecular weight is 306 g/mol. The Hall–Kier alpha value is -2.33. The van der Waals surface area contributed by atoms with E-state index in [1.165, 1.54) is 18.2 Å². The topological polar surface area (TPSA) is 38.3 Å². The van der Waals surface area contributed by atoms with Gasteiger partial charge in [-0.05, 0) is 42.0 Å². The van der Waals surface area contributed by atoms with Crippen LogP contribution in [0.2, 0.25) is 5.02 Å². The van der Waals surface area contributed by atoms with E-state index >= 15 is 0 Å². The molecule has 0 bridgehead atoms. The second-order valence-electron chi connectivity index (χ2n) is 4.22. The number of anilines is 1. The molecule has 2 rings (SSSR count). The van der Waals surface area contributed by atoms with Crippen LogP contribution in [0, 0.1) is 5.82 Å². The van der Waals surface area contributed by atoms with Crippen LogP contribution in [0.15, 0.2) is 48.5 Å². The first kappa shape index (κ1) is 15.1. The zero-order valence-corrected chi connectivity index (χ0v) is 12.0.